The van der Waals surface area contributed by atoms with E-state index in [0.717, 1.165) is 0 Å². The van der Waals surface area contributed by atoms with Crippen molar-refractivity contribution < 1.29 is 84.7 Å². The van der Waals surface area contributed by atoms with Gasteiger partial charge in [0.1, 0.15) is 0 Å². The molecule has 0 atom stereocenters. The second kappa shape index (κ2) is 101. The minimum Gasteiger partial charge on any atom is -2.00 e. The van der Waals surface area contributed by atoms with Crippen LogP contribution >= 0.6 is 0 Å². The summed E-state index contributed by atoms with van der Waals surface area (Å²) in [4.78, 5) is 0. The Morgan fingerprint density at radius 2 is 0.429 bits per heavy atom. The fraction of sp³-hybridized carbons (Fsp3) is 0. The average Bonchev–Trinajstić information content (AvgIpc) is 0. The zero-order valence-electron chi connectivity index (χ0n) is 2.71. The summed E-state index contributed by atoms with van der Waals surface area (Å²) < 4.78 is 0. The van der Waals surface area contributed by atoms with E-state index in [-0.39, 0.29) is 84.7 Å². The number of hydrogen-bond acceptors (Lipinski definition) is 0. The number of hydrogen-bond donors (Lipinski definition) is 0. The molecule has 0 aliphatic rings. The van der Waals surface area contributed by atoms with Crippen LogP contribution in [0.3, 0.4) is 0 Å². The van der Waals surface area contributed by atoms with Crippen LogP contribution in [0.2, 0.25) is 0 Å². The number of rotatable bonds is 0. The van der Waals surface area contributed by atoms with Crippen molar-refractivity contribution in [3.8, 4) is 0 Å². The van der Waals surface area contributed by atoms with Crippen molar-refractivity contribution >= 4 is 0 Å². The summed E-state index contributed by atoms with van der Waals surface area (Å²) >= 11 is 0. The van der Waals surface area contributed by atoms with E-state index in [0.29, 0.717) is 0 Å². The molecule has 0 aromatic heterocycles. The second-order valence-electron chi connectivity index (χ2n) is 0. The average molecular weight is 270 g/mol. The Labute approximate surface area is 84.2 Å². The van der Waals surface area contributed by atoms with Crippen LogP contribution in [0.15, 0.2) is 0 Å². The summed E-state index contributed by atoms with van der Waals surface area (Å²) in [5, 5.41) is 0. The molecule has 0 fully saturated rings. The smallest absolute Gasteiger partial charge is 2.00 e. The summed E-state index contributed by atoms with van der Waals surface area (Å²) in [5.74, 6) is 0. The van der Waals surface area contributed by atoms with E-state index in [2.05, 4.69) is 0 Å². The van der Waals surface area contributed by atoms with Gasteiger partial charge in [-0.25, -0.2) is 0 Å². The molecule has 0 aromatic rings. The summed E-state index contributed by atoms with van der Waals surface area (Å²) in [6, 6.07) is 0. The third-order valence-electron chi connectivity index (χ3n) is 0. The van der Waals surface area contributed by atoms with Crippen molar-refractivity contribution in [1.82, 2.24) is 0 Å². The van der Waals surface area contributed by atoms with E-state index in [1.165, 1.54) is 0 Å². The summed E-state index contributed by atoms with van der Waals surface area (Å²) in [5.41, 5.74) is 0. The largest absolute Gasteiger partial charge is 3.00 e. The Hall–Kier alpha value is 1.96. The Bertz CT molecular complexity index is 10.9. The molecule has 0 amide bonds. The Morgan fingerprint density at radius 3 is 0.429 bits per heavy atom. The van der Waals surface area contributed by atoms with Gasteiger partial charge in [-0.15, -0.1) is 0 Å². The minimum absolute atomic E-state index is 0. The molecule has 0 saturated carbocycles. The van der Waals surface area contributed by atoms with E-state index in [1.807, 2.05) is 0 Å². The molecule has 0 saturated heterocycles. The standard InChI is InChI=1S/2Co.2Cr.3O/q;;2*+3;3*-2. The zero-order chi connectivity index (χ0) is 0. The van der Waals surface area contributed by atoms with Crippen molar-refractivity contribution in [2.45, 2.75) is 0 Å². The van der Waals surface area contributed by atoms with Gasteiger partial charge in [0.15, 0.2) is 0 Å². The van der Waals surface area contributed by atoms with E-state index in [1.54, 1.807) is 0 Å². The summed E-state index contributed by atoms with van der Waals surface area (Å²) in [6.07, 6.45) is 0. The second-order valence-corrected chi connectivity index (χ2v) is 0. The normalized spacial score (nSPS) is 0. The van der Waals surface area contributed by atoms with Crippen LogP contribution in [-0.4, -0.2) is 0 Å². The fourth-order valence-corrected chi connectivity index (χ4v) is 0. The van der Waals surface area contributed by atoms with E-state index >= 15 is 0 Å². The molecule has 0 heterocycles. The maximum Gasteiger partial charge on any atom is 3.00 e. The van der Waals surface area contributed by atoms with E-state index < -0.39 is 0 Å². The Morgan fingerprint density at radius 1 is 0.429 bits per heavy atom. The molecule has 0 rings (SSSR count). The van der Waals surface area contributed by atoms with Gasteiger partial charge in [-0.2, -0.15) is 0 Å². The molecule has 4 radical (unpaired) electrons. The topological polar surface area (TPSA) is 85.5 Å². The quantitative estimate of drug-likeness (QED) is 0.575. The first kappa shape index (κ1) is 148. The van der Waals surface area contributed by atoms with Gasteiger partial charge in [0.25, 0.3) is 0 Å². The van der Waals surface area contributed by atoms with Crippen LogP contribution in [0, 0.1) is 0 Å². The molecule has 0 aliphatic carbocycles. The van der Waals surface area contributed by atoms with Gasteiger partial charge in [-0.3, -0.25) is 0 Å². The molecular formula is Co2Cr2O3. The summed E-state index contributed by atoms with van der Waals surface area (Å²) in [7, 11) is 0. The first-order valence-corrected chi connectivity index (χ1v) is 0. The Balaban J connectivity index is 0. The molecular weight excluding hydrogens is 270 g/mol. The van der Waals surface area contributed by atoms with Gasteiger partial charge in [0, 0.05) is 33.6 Å². The minimum atomic E-state index is 0. The van der Waals surface area contributed by atoms with Crippen LogP contribution < -0.4 is 0 Å². The Kier molecular flexibility index (Phi) is 2120. The molecule has 0 aromatic carbocycles. The SMILES string of the molecule is [Co].[Co].[Cr+3].[Cr+3].[O-2].[O-2].[O-2]. The first-order chi connectivity index (χ1) is 0. The third-order valence-corrected chi connectivity index (χ3v) is 0. The van der Waals surface area contributed by atoms with Gasteiger partial charge < -0.3 is 16.4 Å². The predicted octanol–water partition coefficient (Wildman–Crippen LogP) is -0.366. The first-order valence-electron chi connectivity index (χ1n) is 0. The maximum atomic E-state index is 0. The molecule has 48 valence electrons. The van der Waals surface area contributed by atoms with Crippen LogP contribution in [-0.2, 0) is 84.7 Å². The van der Waals surface area contributed by atoms with Gasteiger partial charge in [-0.1, -0.05) is 0 Å². The van der Waals surface area contributed by atoms with Crippen molar-refractivity contribution in [2.75, 3.05) is 0 Å². The van der Waals surface area contributed by atoms with Crippen molar-refractivity contribution in [3.05, 3.63) is 0 Å². The van der Waals surface area contributed by atoms with Crippen LogP contribution in [0.4, 0.5) is 0 Å². The van der Waals surface area contributed by atoms with Gasteiger partial charge in [0.2, 0.25) is 0 Å². The molecule has 0 spiro atoms. The molecule has 0 bridgehead atoms. The van der Waals surface area contributed by atoms with Crippen LogP contribution in [0.5, 0.6) is 0 Å². The monoisotopic (exact) mass is 270 g/mol. The summed E-state index contributed by atoms with van der Waals surface area (Å²) in [6.45, 7) is 0. The fourth-order valence-electron chi connectivity index (χ4n) is 0. The maximum absolute atomic E-state index is 0. The van der Waals surface area contributed by atoms with Crippen LogP contribution in [0.1, 0.15) is 0 Å². The molecule has 7 heteroatoms. The molecule has 0 unspecified atom stereocenters. The molecule has 0 N–H and O–H groups in total. The zero-order valence-corrected chi connectivity index (χ0v) is 7.34. The van der Waals surface area contributed by atoms with Gasteiger partial charge >= 0.3 is 34.7 Å². The van der Waals surface area contributed by atoms with E-state index in [9.17, 15) is 0 Å². The van der Waals surface area contributed by atoms with Gasteiger partial charge in [0.05, 0.1) is 0 Å². The van der Waals surface area contributed by atoms with Crippen molar-refractivity contribution in [3.63, 3.8) is 0 Å². The van der Waals surface area contributed by atoms with Gasteiger partial charge in [-0.05, 0) is 0 Å². The molecule has 3 nitrogen and oxygen atoms in total. The predicted molar refractivity (Wildman–Crippen MR) is 2.06 cm³/mol. The van der Waals surface area contributed by atoms with Crippen molar-refractivity contribution in [2.24, 2.45) is 0 Å². The van der Waals surface area contributed by atoms with Crippen LogP contribution in [0.25, 0.3) is 0 Å². The van der Waals surface area contributed by atoms with E-state index in [4.69, 9.17) is 0 Å². The molecule has 0 aliphatic heterocycles. The van der Waals surface area contributed by atoms with Crippen molar-refractivity contribution in [1.29, 1.82) is 0 Å². The molecule has 7 heavy (non-hydrogen) atoms. The third kappa shape index (κ3) is 73.7.